The number of rotatable bonds is 14. The van der Waals surface area contributed by atoms with E-state index in [1.807, 2.05) is 0 Å². The zero-order chi connectivity index (χ0) is 19.7. The van der Waals surface area contributed by atoms with Gasteiger partial charge >= 0.3 is 0 Å². The lowest BCUT2D eigenvalue weighted by molar-refractivity contribution is -0.123. The number of hydrogen-bond acceptors (Lipinski definition) is 4. The number of ether oxygens (including phenoxy) is 1. The zero-order valence-corrected chi connectivity index (χ0v) is 20.2. The van der Waals surface area contributed by atoms with Gasteiger partial charge in [0.05, 0.1) is 0 Å². The van der Waals surface area contributed by atoms with Crippen molar-refractivity contribution in [3.63, 3.8) is 0 Å². The molecule has 1 saturated heterocycles. The summed E-state index contributed by atoms with van der Waals surface area (Å²) in [5.41, 5.74) is 5.39. The minimum atomic E-state index is -0.137. The molecule has 1 rings (SSSR count). The van der Waals surface area contributed by atoms with Gasteiger partial charge in [0.25, 0.3) is 0 Å². The molecule has 166 valence electrons. The predicted octanol–water partition coefficient (Wildman–Crippen LogP) is 2.34. The summed E-state index contributed by atoms with van der Waals surface area (Å²) in [5, 5.41) is 6.70. The van der Waals surface area contributed by atoms with E-state index in [4.69, 9.17) is 10.5 Å². The first-order valence-electron chi connectivity index (χ1n) is 10.8. The minimum absolute atomic E-state index is 0. The van der Waals surface area contributed by atoms with Gasteiger partial charge in [-0.3, -0.25) is 9.79 Å². The van der Waals surface area contributed by atoms with Gasteiger partial charge in [0.2, 0.25) is 5.91 Å². The molecule has 1 heterocycles. The van der Waals surface area contributed by atoms with Crippen LogP contribution in [0.2, 0.25) is 0 Å². The third kappa shape index (κ3) is 13.5. The molecule has 0 aromatic carbocycles. The van der Waals surface area contributed by atoms with Gasteiger partial charge in [-0.15, -0.1) is 24.0 Å². The van der Waals surface area contributed by atoms with Crippen molar-refractivity contribution in [1.82, 2.24) is 15.5 Å². The van der Waals surface area contributed by atoms with Crippen LogP contribution in [-0.2, 0) is 9.53 Å². The number of piperidine rings is 1. The van der Waals surface area contributed by atoms with Gasteiger partial charge in [-0.1, -0.05) is 13.3 Å². The molecule has 0 saturated carbocycles. The van der Waals surface area contributed by atoms with Crippen molar-refractivity contribution >= 4 is 35.8 Å². The minimum Gasteiger partial charge on any atom is -0.381 e. The molecule has 7 nitrogen and oxygen atoms in total. The third-order valence-electron chi connectivity index (χ3n) is 4.89. The molecule has 28 heavy (non-hydrogen) atoms. The lowest BCUT2D eigenvalue weighted by Crippen LogP contribution is -2.39. The van der Waals surface area contributed by atoms with Crippen LogP contribution in [0.5, 0.6) is 0 Å². The van der Waals surface area contributed by atoms with Crippen LogP contribution in [0.25, 0.3) is 0 Å². The highest BCUT2D eigenvalue weighted by molar-refractivity contribution is 14.0. The largest absolute Gasteiger partial charge is 0.381 e. The number of amides is 1. The molecular weight excluding hydrogens is 469 g/mol. The smallest absolute Gasteiger partial charge is 0.220 e. The molecular formula is C20H42IN5O2. The summed E-state index contributed by atoms with van der Waals surface area (Å²) in [6.45, 7) is 11.6. The molecule has 1 aliphatic heterocycles. The van der Waals surface area contributed by atoms with Gasteiger partial charge in [-0.2, -0.15) is 0 Å². The van der Waals surface area contributed by atoms with Crippen molar-refractivity contribution < 1.29 is 9.53 Å². The van der Waals surface area contributed by atoms with E-state index in [0.29, 0.717) is 0 Å². The Morgan fingerprint density at radius 2 is 1.82 bits per heavy atom. The number of likely N-dealkylation sites (tertiary alicyclic amines) is 1. The van der Waals surface area contributed by atoms with Crippen molar-refractivity contribution in [3.8, 4) is 0 Å². The number of halogens is 1. The summed E-state index contributed by atoms with van der Waals surface area (Å²) in [5.74, 6) is 0.841. The molecule has 8 heteroatoms. The third-order valence-corrected chi connectivity index (χ3v) is 4.89. The molecule has 4 N–H and O–H groups in total. The summed E-state index contributed by atoms with van der Waals surface area (Å²) in [4.78, 5) is 18.2. The highest BCUT2D eigenvalue weighted by atomic mass is 127. The van der Waals surface area contributed by atoms with Gasteiger partial charge < -0.3 is 26.0 Å². The molecule has 0 aliphatic carbocycles. The lowest BCUT2D eigenvalue weighted by atomic mass is 9.96. The van der Waals surface area contributed by atoms with Crippen LogP contribution in [0.3, 0.4) is 0 Å². The fourth-order valence-electron chi connectivity index (χ4n) is 3.16. The number of carbonyl (C=O) groups excluding carboxylic acids is 1. The molecule has 0 bridgehead atoms. The monoisotopic (exact) mass is 511 g/mol. The van der Waals surface area contributed by atoms with Crippen LogP contribution >= 0.6 is 24.0 Å². The molecule has 1 amide bonds. The van der Waals surface area contributed by atoms with Crippen LogP contribution in [0.15, 0.2) is 4.99 Å². The van der Waals surface area contributed by atoms with Crippen molar-refractivity contribution in [1.29, 1.82) is 0 Å². The molecule has 0 aromatic rings. The van der Waals surface area contributed by atoms with Crippen molar-refractivity contribution in [2.24, 2.45) is 16.6 Å². The number of nitrogens with zero attached hydrogens (tertiary/aromatic N) is 2. The molecule has 0 atom stereocenters. The van der Waals surface area contributed by atoms with Gasteiger partial charge in [0, 0.05) is 38.8 Å². The second kappa shape index (κ2) is 18.4. The number of nitrogens with one attached hydrogen (secondary N) is 2. The van der Waals surface area contributed by atoms with Crippen molar-refractivity contribution in [2.75, 3.05) is 52.5 Å². The highest BCUT2D eigenvalue weighted by Crippen LogP contribution is 2.16. The molecule has 0 spiro atoms. The summed E-state index contributed by atoms with van der Waals surface area (Å²) >= 11 is 0. The molecule has 0 unspecified atom stereocenters. The first-order chi connectivity index (χ1) is 13.2. The molecule has 1 fully saturated rings. The van der Waals surface area contributed by atoms with E-state index in [1.165, 1.54) is 6.42 Å². The highest BCUT2D eigenvalue weighted by Gasteiger charge is 2.22. The average Bonchev–Trinajstić information content (AvgIpc) is 2.67. The van der Waals surface area contributed by atoms with Crippen LogP contribution < -0.4 is 16.4 Å². The summed E-state index contributed by atoms with van der Waals surface area (Å²) in [6.07, 6.45) is 7.36. The standard InChI is InChI=1S/C20H41N5O2.HI/c1-3-5-16-27-17-8-12-24-20(22-4-2)23-11-6-7-13-25-14-9-18(10-15-25)19(21)26;/h18H,3-17H2,1-2H3,(H2,21,26)(H2,22,23,24);1H. The Labute approximate surface area is 188 Å². The number of hydrogen-bond donors (Lipinski definition) is 3. The van der Waals surface area contributed by atoms with Crippen LogP contribution in [0.1, 0.15) is 58.8 Å². The lowest BCUT2D eigenvalue weighted by Gasteiger charge is -2.30. The van der Waals surface area contributed by atoms with Gasteiger partial charge in [0.15, 0.2) is 5.96 Å². The Balaban J connectivity index is 0.00000729. The topological polar surface area (TPSA) is 92.0 Å². The van der Waals surface area contributed by atoms with Gasteiger partial charge in [-0.25, -0.2) is 0 Å². The number of carbonyl (C=O) groups is 1. The number of primary amides is 1. The average molecular weight is 511 g/mol. The van der Waals surface area contributed by atoms with E-state index < -0.39 is 0 Å². The normalized spacial score (nSPS) is 15.9. The predicted molar refractivity (Wildman–Crippen MR) is 127 cm³/mol. The Morgan fingerprint density at radius 3 is 2.46 bits per heavy atom. The van der Waals surface area contributed by atoms with Crippen molar-refractivity contribution in [2.45, 2.75) is 58.8 Å². The second-order valence-corrected chi connectivity index (χ2v) is 7.23. The Bertz CT molecular complexity index is 415. The van der Waals surface area contributed by atoms with E-state index in [9.17, 15) is 4.79 Å². The number of unbranched alkanes of at least 4 members (excludes halogenated alkanes) is 2. The zero-order valence-electron chi connectivity index (χ0n) is 17.9. The van der Waals surface area contributed by atoms with Crippen molar-refractivity contribution in [3.05, 3.63) is 0 Å². The van der Waals surface area contributed by atoms with Gasteiger partial charge in [0.1, 0.15) is 0 Å². The Kier molecular flexibility index (Phi) is 18.0. The number of guanidine groups is 1. The Hall–Kier alpha value is -0.610. The quantitative estimate of drug-likeness (QED) is 0.144. The summed E-state index contributed by atoms with van der Waals surface area (Å²) in [7, 11) is 0. The van der Waals surface area contributed by atoms with Crippen LogP contribution in [-0.4, -0.2) is 69.2 Å². The summed E-state index contributed by atoms with van der Waals surface area (Å²) < 4.78 is 5.57. The van der Waals surface area contributed by atoms with E-state index in [2.05, 4.69) is 34.4 Å². The Morgan fingerprint density at radius 1 is 1.11 bits per heavy atom. The fraction of sp³-hybridized carbons (Fsp3) is 0.900. The first kappa shape index (κ1) is 27.4. The van der Waals surface area contributed by atoms with Crippen LogP contribution in [0.4, 0.5) is 0 Å². The second-order valence-electron chi connectivity index (χ2n) is 7.23. The molecule has 0 radical (unpaired) electrons. The maximum Gasteiger partial charge on any atom is 0.220 e. The maximum absolute atomic E-state index is 11.2. The molecule has 1 aliphatic rings. The van der Waals surface area contributed by atoms with E-state index in [1.54, 1.807) is 0 Å². The van der Waals surface area contributed by atoms with Gasteiger partial charge in [-0.05, 0) is 65.1 Å². The molecule has 0 aromatic heterocycles. The van der Waals surface area contributed by atoms with E-state index in [-0.39, 0.29) is 35.8 Å². The van der Waals surface area contributed by atoms with E-state index >= 15 is 0 Å². The SMILES string of the molecule is CCCCOCCCN=C(NCC)NCCCCN1CCC(C(N)=O)CC1.I. The maximum atomic E-state index is 11.2. The van der Waals surface area contributed by atoms with E-state index in [0.717, 1.165) is 97.0 Å². The van der Waals surface area contributed by atoms with Crippen LogP contribution in [0, 0.1) is 5.92 Å². The first-order valence-corrected chi connectivity index (χ1v) is 10.8. The summed E-state index contributed by atoms with van der Waals surface area (Å²) in [6, 6.07) is 0. The number of nitrogens with two attached hydrogens (primary N) is 1. The fourth-order valence-corrected chi connectivity index (χ4v) is 3.16. The number of aliphatic imine (C=N–C) groups is 1.